The zero-order valence-corrected chi connectivity index (χ0v) is 20.4. The van der Waals surface area contributed by atoms with E-state index in [0.717, 1.165) is 50.3 Å². The highest BCUT2D eigenvalue weighted by molar-refractivity contribution is 5.94. The molecule has 3 heterocycles. The molecule has 1 aromatic carbocycles. The number of amides is 2. The monoisotopic (exact) mass is 451 g/mol. The molecule has 2 amide bonds. The first kappa shape index (κ1) is 22.7. The molecule has 6 rings (SSSR count). The second-order valence-corrected chi connectivity index (χ2v) is 11.2. The van der Waals surface area contributed by atoms with E-state index in [4.69, 9.17) is 0 Å². The second-order valence-electron chi connectivity index (χ2n) is 11.2. The summed E-state index contributed by atoms with van der Waals surface area (Å²) in [7, 11) is 2.00. The van der Waals surface area contributed by atoms with Gasteiger partial charge in [-0.05, 0) is 87.0 Å². The smallest absolute Gasteiger partial charge is 0.253 e. The van der Waals surface area contributed by atoms with Crippen LogP contribution in [0.3, 0.4) is 0 Å². The maximum absolute atomic E-state index is 13.2. The fourth-order valence-corrected chi connectivity index (χ4v) is 6.74. The molecule has 5 heteroatoms. The Balaban J connectivity index is 1.15. The van der Waals surface area contributed by atoms with E-state index in [-0.39, 0.29) is 11.9 Å². The predicted molar refractivity (Wildman–Crippen MR) is 132 cm³/mol. The molecular formula is C28H41N3O2. The second kappa shape index (κ2) is 10.1. The van der Waals surface area contributed by atoms with Crippen LogP contribution in [-0.2, 0) is 4.79 Å². The van der Waals surface area contributed by atoms with Gasteiger partial charge in [0, 0.05) is 50.9 Å². The van der Waals surface area contributed by atoms with Gasteiger partial charge in [-0.2, -0.15) is 0 Å². The van der Waals surface area contributed by atoms with Gasteiger partial charge in [-0.3, -0.25) is 9.59 Å². The number of nitrogens with zero attached hydrogens (tertiary/aromatic N) is 3. The third kappa shape index (κ3) is 5.22. The summed E-state index contributed by atoms with van der Waals surface area (Å²) in [6, 6.07) is 8.51. The molecule has 2 aliphatic carbocycles. The highest BCUT2D eigenvalue weighted by Gasteiger charge is 2.33. The molecule has 5 aliphatic rings. The molecule has 0 N–H and O–H groups in total. The summed E-state index contributed by atoms with van der Waals surface area (Å²) in [4.78, 5) is 32.5. The average molecular weight is 452 g/mol. The van der Waals surface area contributed by atoms with E-state index in [0.29, 0.717) is 23.7 Å². The van der Waals surface area contributed by atoms with Gasteiger partial charge in [0.25, 0.3) is 5.91 Å². The molecule has 1 unspecified atom stereocenters. The summed E-state index contributed by atoms with van der Waals surface area (Å²) in [6.07, 6.45) is 13.3. The highest BCUT2D eigenvalue weighted by Crippen LogP contribution is 2.34. The highest BCUT2D eigenvalue weighted by atomic mass is 16.2. The van der Waals surface area contributed by atoms with Crippen molar-refractivity contribution in [1.29, 1.82) is 0 Å². The predicted octanol–water partition coefficient (Wildman–Crippen LogP) is 4.96. The lowest BCUT2D eigenvalue weighted by Crippen LogP contribution is -2.39. The molecule has 5 nitrogen and oxygen atoms in total. The number of hydrogen-bond donors (Lipinski definition) is 0. The SMILES string of the molecule is CN(C(=O)CC1CCCCC1)C1CCN(c2ccc(C(=O)N3CC4CCC(CC4)C3)cc2)C1. The van der Waals surface area contributed by atoms with Gasteiger partial charge in [0.15, 0.2) is 0 Å². The van der Waals surface area contributed by atoms with Gasteiger partial charge in [0.05, 0.1) is 6.04 Å². The first-order chi connectivity index (χ1) is 16.1. The third-order valence-corrected chi connectivity index (χ3v) is 8.98. The van der Waals surface area contributed by atoms with Gasteiger partial charge >= 0.3 is 0 Å². The molecule has 3 saturated heterocycles. The molecule has 1 aromatic rings. The van der Waals surface area contributed by atoms with Crippen molar-refractivity contribution in [3.05, 3.63) is 29.8 Å². The molecular weight excluding hydrogens is 410 g/mol. The fraction of sp³-hybridized carbons (Fsp3) is 0.714. The van der Waals surface area contributed by atoms with Crippen LogP contribution in [-0.4, -0.2) is 60.9 Å². The summed E-state index contributed by atoms with van der Waals surface area (Å²) in [6.45, 7) is 3.72. The van der Waals surface area contributed by atoms with Crippen molar-refractivity contribution in [2.45, 2.75) is 76.7 Å². The topological polar surface area (TPSA) is 43.9 Å². The molecule has 2 saturated carbocycles. The Morgan fingerprint density at radius 1 is 0.848 bits per heavy atom. The van der Waals surface area contributed by atoms with Gasteiger partial charge in [-0.25, -0.2) is 0 Å². The number of hydrogen-bond acceptors (Lipinski definition) is 3. The van der Waals surface area contributed by atoms with Crippen molar-refractivity contribution in [2.24, 2.45) is 17.8 Å². The van der Waals surface area contributed by atoms with Gasteiger partial charge < -0.3 is 14.7 Å². The Morgan fingerprint density at radius 3 is 2.12 bits per heavy atom. The summed E-state index contributed by atoms with van der Waals surface area (Å²) in [5.74, 6) is 2.52. The van der Waals surface area contributed by atoms with Crippen molar-refractivity contribution in [2.75, 3.05) is 38.1 Å². The summed E-state index contributed by atoms with van der Waals surface area (Å²) < 4.78 is 0. The van der Waals surface area contributed by atoms with E-state index in [2.05, 4.69) is 21.9 Å². The zero-order chi connectivity index (χ0) is 22.8. The Kier molecular flexibility index (Phi) is 6.94. The van der Waals surface area contributed by atoms with E-state index in [1.54, 1.807) is 0 Å². The summed E-state index contributed by atoms with van der Waals surface area (Å²) in [5.41, 5.74) is 1.98. The Labute approximate surface area is 199 Å². The number of carbonyl (C=O) groups excluding carboxylic acids is 2. The number of rotatable bonds is 5. The number of anilines is 1. The van der Waals surface area contributed by atoms with Crippen molar-refractivity contribution >= 4 is 17.5 Å². The van der Waals surface area contributed by atoms with Crippen LogP contribution in [0.15, 0.2) is 24.3 Å². The van der Waals surface area contributed by atoms with E-state index < -0.39 is 0 Å². The lowest BCUT2D eigenvalue weighted by molar-refractivity contribution is -0.132. The normalized spacial score (nSPS) is 28.1. The molecule has 180 valence electrons. The van der Waals surface area contributed by atoms with Gasteiger partial charge in [0.2, 0.25) is 5.91 Å². The van der Waals surface area contributed by atoms with E-state index in [1.165, 1.54) is 57.8 Å². The minimum atomic E-state index is 0.202. The van der Waals surface area contributed by atoms with Gasteiger partial charge in [-0.15, -0.1) is 0 Å². The third-order valence-electron chi connectivity index (χ3n) is 8.98. The standard InChI is InChI=1S/C28H41N3O2/c1-29(27(32)17-21-5-3-2-4-6-21)26-15-16-30(20-26)25-13-11-24(12-14-25)28(33)31-18-22-7-8-23(19-31)10-9-22/h11-14,21-23,26H,2-10,15-20H2,1H3. The first-order valence-electron chi connectivity index (χ1n) is 13.5. The number of likely N-dealkylation sites (N-methyl/N-ethyl adjacent to an activating group) is 1. The lowest BCUT2D eigenvalue weighted by atomic mass is 9.84. The quantitative estimate of drug-likeness (QED) is 0.636. The Hall–Kier alpha value is -2.04. The fourth-order valence-electron chi connectivity index (χ4n) is 6.74. The maximum atomic E-state index is 13.2. The minimum Gasteiger partial charge on any atom is -0.369 e. The van der Waals surface area contributed by atoms with Crippen molar-refractivity contribution in [1.82, 2.24) is 9.80 Å². The zero-order valence-electron chi connectivity index (χ0n) is 20.4. The van der Waals surface area contributed by atoms with E-state index in [1.807, 2.05) is 24.1 Å². The molecule has 1 atom stereocenters. The van der Waals surface area contributed by atoms with Crippen LogP contribution in [0.2, 0.25) is 0 Å². The number of carbonyl (C=O) groups is 2. The number of fused-ring (bicyclic) bond motifs is 4. The van der Waals surface area contributed by atoms with E-state index >= 15 is 0 Å². The minimum absolute atomic E-state index is 0.202. The largest absolute Gasteiger partial charge is 0.369 e. The molecule has 5 fully saturated rings. The molecule has 33 heavy (non-hydrogen) atoms. The molecule has 0 spiro atoms. The maximum Gasteiger partial charge on any atom is 0.253 e. The van der Waals surface area contributed by atoms with Crippen LogP contribution in [0.1, 0.15) is 81.0 Å². The van der Waals surface area contributed by atoms with Gasteiger partial charge in [0.1, 0.15) is 0 Å². The van der Waals surface area contributed by atoms with Crippen molar-refractivity contribution in [3.63, 3.8) is 0 Å². The molecule has 3 aliphatic heterocycles. The molecule has 0 radical (unpaired) electrons. The number of benzene rings is 1. The van der Waals surface area contributed by atoms with Crippen LogP contribution in [0.25, 0.3) is 0 Å². The summed E-state index contributed by atoms with van der Waals surface area (Å²) >= 11 is 0. The first-order valence-corrected chi connectivity index (χ1v) is 13.5. The Morgan fingerprint density at radius 2 is 1.48 bits per heavy atom. The lowest BCUT2D eigenvalue weighted by Gasteiger charge is -2.28. The van der Waals surface area contributed by atoms with Crippen LogP contribution >= 0.6 is 0 Å². The summed E-state index contributed by atoms with van der Waals surface area (Å²) in [5, 5.41) is 0. The van der Waals surface area contributed by atoms with Crippen LogP contribution in [0, 0.1) is 17.8 Å². The molecule has 0 aromatic heterocycles. The van der Waals surface area contributed by atoms with Crippen LogP contribution < -0.4 is 4.90 Å². The van der Waals surface area contributed by atoms with Crippen molar-refractivity contribution < 1.29 is 9.59 Å². The van der Waals surface area contributed by atoms with Crippen molar-refractivity contribution in [3.8, 4) is 0 Å². The average Bonchev–Trinajstić information content (AvgIpc) is 3.15. The van der Waals surface area contributed by atoms with Crippen LogP contribution in [0.4, 0.5) is 5.69 Å². The van der Waals surface area contributed by atoms with E-state index in [9.17, 15) is 9.59 Å². The van der Waals surface area contributed by atoms with Crippen LogP contribution in [0.5, 0.6) is 0 Å². The van der Waals surface area contributed by atoms with Gasteiger partial charge in [-0.1, -0.05) is 19.3 Å². The Bertz CT molecular complexity index is 810. The molecule has 2 bridgehead atoms.